The first-order chi connectivity index (χ1) is 15.0. The second kappa shape index (κ2) is 8.38. The lowest BCUT2D eigenvalue weighted by atomic mass is 10.2. The Bertz CT molecular complexity index is 1190. The normalized spacial score (nSPS) is 17.0. The number of nitrogens with one attached hydrogen (secondary N) is 1. The minimum absolute atomic E-state index is 0.0961. The first-order valence-corrected chi connectivity index (χ1v) is 13.2. The van der Waals surface area contributed by atoms with Crippen molar-refractivity contribution in [3.8, 4) is 11.5 Å². The Hall–Kier alpha value is -2.21. The maximum atomic E-state index is 12.8. The number of sulfonamides is 1. The van der Waals surface area contributed by atoms with E-state index >= 15 is 0 Å². The molecule has 1 N–H and O–H groups in total. The summed E-state index contributed by atoms with van der Waals surface area (Å²) in [6.07, 6.45) is 2.95. The van der Waals surface area contributed by atoms with Crippen molar-refractivity contribution >= 4 is 54.0 Å². The van der Waals surface area contributed by atoms with Gasteiger partial charge in [-0.25, -0.2) is 13.4 Å². The Labute approximate surface area is 187 Å². The number of thiazole rings is 1. The third kappa shape index (κ3) is 4.27. The maximum Gasteiger partial charge on any atom is 0.252 e. The van der Waals surface area contributed by atoms with Crippen molar-refractivity contribution in [3.63, 3.8) is 0 Å². The molecule has 0 saturated carbocycles. The van der Waals surface area contributed by atoms with Crippen LogP contribution in [0, 0.1) is 0 Å². The zero-order chi connectivity index (χ0) is 21.4. The summed E-state index contributed by atoms with van der Waals surface area (Å²) in [5.41, 5.74) is 0.732. The molecule has 0 unspecified atom stereocenters. The molecular formula is C20H21N3O5S3. The predicted molar refractivity (Wildman–Crippen MR) is 120 cm³/mol. The molecule has 0 radical (unpaired) electrons. The fourth-order valence-corrected chi connectivity index (χ4v) is 7.58. The molecular weight excluding hydrogens is 458 g/mol. The fourth-order valence-electron chi connectivity index (χ4n) is 3.66. The summed E-state index contributed by atoms with van der Waals surface area (Å²) in [6.45, 7) is 2.14. The smallest absolute Gasteiger partial charge is 0.252 e. The van der Waals surface area contributed by atoms with Gasteiger partial charge in [0.1, 0.15) is 17.4 Å². The van der Waals surface area contributed by atoms with Crippen LogP contribution in [0.1, 0.15) is 24.1 Å². The lowest BCUT2D eigenvalue weighted by Gasteiger charge is -2.25. The lowest BCUT2D eigenvalue weighted by Crippen LogP contribution is -2.35. The number of rotatable bonds is 5. The molecule has 31 heavy (non-hydrogen) atoms. The van der Waals surface area contributed by atoms with Crippen LogP contribution in [0.3, 0.4) is 0 Å². The van der Waals surface area contributed by atoms with Gasteiger partial charge in [0, 0.05) is 30.1 Å². The number of carbonyl (C=O) groups excluding carboxylic acids is 1. The first kappa shape index (κ1) is 20.7. The molecule has 2 aliphatic heterocycles. The SMILES string of the molecule is O=C(Cc1ccc(S(=O)(=O)N2CCCCC2)s1)Nc1nc2cc3c(cc2s1)OCCO3. The maximum absolute atomic E-state index is 12.8. The van der Waals surface area contributed by atoms with Crippen molar-refractivity contribution in [2.24, 2.45) is 0 Å². The number of nitrogens with zero attached hydrogens (tertiary/aromatic N) is 2. The molecule has 2 aromatic heterocycles. The molecule has 8 nitrogen and oxygen atoms in total. The minimum Gasteiger partial charge on any atom is -0.486 e. The summed E-state index contributed by atoms with van der Waals surface area (Å²) < 4.78 is 39.5. The van der Waals surface area contributed by atoms with E-state index in [4.69, 9.17) is 9.47 Å². The standard InChI is InChI=1S/C20H21N3O5S3/c24-18(10-13-4-5-19(29-13)31(25,26)23-6-2-1-3-7-23)22-20-21-14-11-15-16(12-17(14)30-20)28-9-8-27-15/h4-5,11-12H,1-3,6-10H2,(H,21,22,24). The van der Waals surface area contributed by atoms with Crippen molar-refractivity contribution < 1.29 is 22.7 Å². The van der Waals surface area contributed by atoms with E-state index in [1.54, 1.807) is 16.4 Å². The fraction of sp³-hybridized carbons (Fsp3) is 0.400. The highest BCUT2D eigenvalue weighted by molar-refractivity contribution is 7.91. The van der Waals surface area contributed by atoms with E-state index in [0.717, 1.165) is 40.8 Å². The molecule has 2 aliphatic rings. The third-order valence-electron chi connectivity index (χ3n) is 5.18. The number of aromatic nitrogens is 1. The summed E-state index contributed by atoms with van der Waals surface area (Å²) in [5.74, 6) is 1.10. The van der Waals surface area contributed by atoms with Crippen molar-refractivity contribution in [2.45, 2.75) is 29.9 Å². The van der Waals surface area contributed by atoms with Crippen LogP contribution in [0.2, 0.25) is 0 Å². The van der Waals surface area contributed by atoms with E-state index in [-0.39, 0.29) is 12.3 Å². The molecule has 5 rings (SSSR count). The highest BCUT2D eigenvalue weighted by Crippen LogP contribution is 2.38. The van der Waals surface area contributed by atoms with Crippen LogP contribution < -0.4 is 14.8 Å². The summed E-state index contributed by atoms with van der Waals surface area (Å²) in [4.78, 5) is 17.7. The highest BCUT2D eigenvalue weighted by atomic mass is 32.2. The monoisotopic (exact) mass is 479 g/mol. The van der Waals surface area contributed by atoms with Gasteiger partial charge in [-0.05, 0) is 25.0 Å². The molecule has 3 aromatic rings. The van der Waals surface area contributed by atoms with Gasteiger partial charge in [-0.2, -0.15) is 4.31 Å². The van der Waals surface area contributed by atoms with Gasteiger partial charge in [0.15, 0.2) is 16.6 Å². The molecule has 0 bridgehead atoms. The molecule has 11 heteroatoms. The molecule has 1 aromatic carbocycles. The number of anilines is 1. The van der Waals surface area contributed by atoms with Gasteiger partial charge in [0.25, 0.3) is 10.0 Å². The number of hydrogen-bond donors (Lipinski definition) is 1. The summed E-state index contributed by atoms with van der Waals surface area (Å²) in [6, 6.07) is 6.99. The van der Waals surface area contributed by atoms with Crippen LogP contribution in [0.4, 0.5) is 5.13 Å². The molecule has 1 saturated heterocycles. The molecule has 0 spiro atoms. The van der Waals surface area contributed by atoms with Gasteiger partial charge >= 0.3 is 0 Å². The summed E-state index contributed by atoms with van der Waals surface area (Å²) >= 11 is 2.51. The second-order valence-electron chi connectivity index (χ2n) is 7.39. The summed E-state index contributed by atoms with van der Waals surface area (Å²) in [7, 11) is -3.48. The van der Waals surface area contributed by atoms with Crippen molar-refractivity contribution in [1.29, 1.82) is 0 Å². The quantitative estimate of drug-likeness (QED) is 0.602. The Balaban J connectivity index is 1.27. The van der Waals surface area contributed by atoms with Gasteiger partial charge in [-0.1, -0.05) is 17.8 Å². The van der Waals surface area contributed by atoms with Gasteiger partial charge in [-0.15, -0.1) is 11.3 Å². The molecule has 164 valence electrons. The van der Waals surface area contributed by atoms with Crippen LogP contribution in [-0.2, 0) is 21.2 Å². The Morgan fingerprint density at radius 1 is 1.06 bits per heavy atom. The number of hydrogen-bond acceptors (Lipinski definition) is 8. The largest absolute Gasteiger partial charge is 0.486 e. The predicted octanol–water partition coefficient (Wildman–Crippen LogP) is 3.48. The Morgan fingerprint density at radius 2 is 1.81 bits per heavy atom. The van der Waals surface area contributed by atoms with Gasteiger partial charge in [0.2, 0.25) is 5.91 Å². The summed E-state index contributed by atoms with van der Waals surface area (Å²) in [5, 5.41) is 3.30. The number of fused-ring (bicyclic) bond motifs is 2. The van der Waals surface area contributed by atoms with E-state index in [9.17, 15) is 13.2 Å². The van der Waals surface area contributed by atoms with Crippen LogP contribution in [-0.4, -0.2) is 49.9 Å². The van der Waals surface area contributed by atoms with E-state index in [1.807, 2.05) is 12.1 Å². The second-order valence-corrected chi connectivity index (χ2v) is 11.8. The number of carbonyl (C=O) groups is 1. The third-order valence-corrected chi connectivity index (χ3v) is 9.56. The minimum atomic E-state index is -3.48. The van der Waals surface area contributed by atoms with Crippen molar-refractivity contribution in [3.05, 3.63) is 29.1 Å². The number of thiophene rings is 1. The van der Waals surface area contributed by atoms with Crippen LogP contribution in [0.25, 0.3) is 10.2 Å². The molecule has 1 fully saturated rings. The van der Waals surface area contributed by atoms with Gasteiger partial charge in [-0.3, -0.25) is 4.79 Å². The Kier molecular flexibility index (Phi) is 5.59. The number of amides is 1. The zero-order valence-corrected chi connectivity index (χ0v) is 19.1. The van der Waals surface area contributed by atoms with Crippen LogP contribution >= 0.6 is 22.7 Å². The van der Waals surface area contributed by atoms with Crippen molar-refractivity contribution in [2.75, 3.05) is 31.6 Å². The average Bonchev–Trinajstić information content (AvgIpc) is 3.39. The molecule has 0 aliphatic carbocycles. The van der Waals surface area contributed by atoms with E-state index < -0.39 is 10.0 Å². The number of benzene rings is 1. The molecule has 4 heterocycles. The first-order valence-electron chi connectivity index (χ1n) is 10.1. The number of piperidine rings is 1. The molecule has 1 amide bonds. The lowest BCUT2D eigenvalue weighted by molar-refractivity contribution is -0.115. The van der Waals surface area contributed by atoms with Crippen LogP contribution in [0.5, 0.6) is 11.5 Å². The highest BCUT2D eigenvalue weighted by Gasteiger charge is 2.27. The zero-order valence-electron chi connectivity index (χ0n) is 16.6. The number of ether oxygens (including phenoxy) is 2. The van der Waals surface area contributed by atoms with Gasteiger partial charge < -0.3 is 14.8 Å². The average molecular weight is 480 g/mol. The van der Waals surface area contributed by atoms with Gasteiger partial charge in [0.05, 0.1) is 16.6 Å². The van der Waals surface area contributed by atoms with Crippen molar-refractivity contribution in [1.82, 2.24) is 9.29 Å². The van der Waals surface area contributed by atoms with E-state index in [1.165, 1.54) is 11.3 Å². The van der Waals surface area contributed by atoms with E-state index in [2.05, 4.69) is 10.3 Å². The van der Waals surface area contributed by atoms with Crippen LogP contribution in [0.15, 0.2) is 28.5 Å². The van der Waals surface area contributed by atoms with E-state index in [0.29, 0.717) is 52.0 Å². The Morgan fingerprint density at radius 3 is 2.58 bits per heavy atom. The topological polar surface area (TPSA) is 97.8 Å². The molecule has 0 atom stereocenters.